The molecule has 2 aromatic rings. The molecule has 2 aliphatic carbocycles. The Morgan fingerprint density at radius 1 is 0.705 bits per heavy atom. The predicted octanol–water partition coefficient (Wildman–Crippen LogP) is -0.725. The van der Waals surface area contributed by atoms with Crippen LogP contribution in [-0.4, -0.2) is 167 Å². The summed E-state index contributed by atoms with van der Waals surface area (Å²) in [4.78, 5) is 98.1. The molecule has 61 heavy (non-hydrogen) atoms. The van der Waals surface area contributed by atoms with E-state index >= 15 is 14.4 Å². The van der Waals surface area contributed by atoms with Crippen molar-refractivity contribution in [3.05, 3.63) is 58.7 Å². The zero-order valence-corrected chi connectivity index (χ0v) is 33.7. The lowest BCUT2D eigenvalue weighted by Gasteiger charge is -2.61. The number of fused-ring (bicyclic) bond motifs is 4. The molecule has 0 saturated carbocycles. The van der Waals surface area contributed by atoms with Gasteiger partial charge in [-0.25, -0.2) is 4.79 Å². The van der Waals surface area contributed by atoms with Gasteiger partial charge in [-0.05, 0) is 38.8 Å². The molecule has 20 nitrogen and oxygen atoms in total. The number of Topliss-reactive ketones (excluding diaryl/α,β-unsaturated/α-hetero) is 4. The Morgan fingerprint density at radius 2 is 1.18 bits per heavy atom. The molecule has 3 heterocycles. The van der Waals surface area contributed by atoms with Gasteiger partial charge in [0.1, 0.15) is 39.3 Å². The minimum Gasteiger partial charge on any atom is -0.507 e. The molecule has 7 rings (SSSR count). The third kappa shape index (κ3) is 6.31. The molecule has 0 amide bonds. The number of benzene rings is 2. The van der Waals surface area contributed by atoms with Crippen LogP contribution in [0.1, 0.15) is 81.0 Å². The molecule has 3 saturated heterocycles. The normalized spacial score (nSPS) is 38.0. The van der Waals surface area contributed by atoms with Crippen molar-refractivity contribution in [1.29, 1.82) is 0 Å². The number of phenolic OH excluding ortho intramolecular Hbond substituents is 1. The average Bonchev–Trinajstić information content (AvgIpc) is 3.22. The molecule has 13 atom stereocenters. The van der Waals surface area contributed by atoms with Crippen LogP contribution in [0.25, 0.3) is 0 Å². The van der Waals surface area contributed by atoms with Crippen LogP contribution in [0, 0.1) is 0 Å². The van der Waals surface area contributed by atoms with E-state index in [1.807, 2.05) is 0 Å². The van der Waals surface area contributed by atoms with E-state index in [1.165, 1.54) is 32.0 Å². The molecule has 3 fully saturated rings. The molecule has 21 heteroatoms. The number of ketones is 4. The fourth-order valence-corrected chi connectivity index (χ4v) is 11.6. The number of aliphatic hydroxyl groups excluding tert-OH is 3. The summed E-state index contributed by atoms with van der Waals surface area (Å²) >= 11 is 0.271. The van der Waals surface area contributed by atoms with E-state index in [-0.39, 0.29) is 11.8 Å². The largest absolute Gasteiger partial charge is 0.507 e. The van der Waals surface area contributed by atoms with Gasteiger partial charge in [-0.15, -0.1) is 11.8 Å². The molecule has 0 unspecified atom stereocenters. The molecule has 328 valence electrons. The number of aliphatic hydroxyl groups is 5. The maximum atomic E-state index is 15.6. The molecular weight excluding hydrogens is 832 g/mol. The van der Waals surface area contributed by atoms with Crippen LogP contribution in [0.15, 0.2) is 36.4 Å². The second kappa shape index (κ2) is 15.5. The summed E-state index contributed by atoms with van der Waals surface area (Å²) < 4.78 is 27.4. The van der Waals surface area contributed by atoms with Crippen molar-refractivity contribution in [2.24, 2.45) is 0 Å². The van der Waals surface area contributed by atoms with E-state index in [0.717, 1.165) is 32.4 Å². The van der Waals surface area contributed by atoms with Crippen molar-refractivity contribution in [3.63, 3.8) is 0 Å². The standard InChI is InChI=1S/C40H42O20S/c1-15-39(53)33(49)25-19(7-5-9-21(25)41)31(47)37(39,13-17(57-15)11-23(42)55-3)61-38-14-18(12-24(43)56-4)58-16(2)40(38,54)34(50)26-20(32(38)48)8-6-10-22(26)59-36-29(46)27(44)28(45)30(60-36)35(51)52/h5-10,15-18,27-30,36,41,44-46,53-54H,11-14H2,1-4H3,(H,51,52)/t15-,16+,17-,18-,27+,28+,29-,30+,36-,37-,38-,39+,40-/m0/s1. The summed E-state index contributed by atoms with van der Waals surface area (Å²) in [6.45, 7) is 2.42. The van der Waals surface area contributed by atoms with Gasteiger partial charge in [-0.3, -0.25) is 28.8 Å². The van der Waals surface area contributed by atoms with Gasteiger partial charge in [-0.1, -0.05) is 24.3 Å². The van der Waals surface area contributed by atoms with E-state index in [0.29, 0.717) is 0 Å². The number of rotatable bonds is 9. The van der Waals surface area contributed by atoms with Crippen molar-refractivity contribution in [3.8, 4) is 11.5 Å². The Morgan fingerprint density at radius 3 is 1.67 bits per heavy atom. The number of phenols is 1. The van der Waals surface area contributed by atoms with Crippen molar-refractivity contribution < 1.29 is 97.7 Å². The second-order valence-corrected chi connectivity index (χ2v) is 17.2. The van der Waals surface area contributed by atoms with Gasteiger partial charge < -0.3 is 64.2 Å². The number of esters is 2. The van der Waals surface area contributed by atoms with E-state index in [1.54, 1.807) is 0 Å². The lowest BCUT2D eigenvalue weighted by Crippen LogP contribution is -2.79. The highest BCUT2D eigenvalue weighted by Gasteiger charge is 2.78. The number of carboxylic acid groups (broad SMARTS) is 1. The highest BCUT2D eigenvalue weighted by molar-refractivity contribution is 8.03. The van der Waals surface area contributed by atoms with Crippen LogP contribution < -0.4 is 4.74 Å². The van der Waals surface area contributed by atoms with Gasteiger partial charge in [-0.2, -0.15) is 0 Å². The summed E-state index contributed by atoms with van der Waals surface area (Å²) in [5, 5.41) is 77.9. The van der Waals surface area contributed by atoms with E-state index in [9.17, 15) is 54.9 Å². The van der Waals surface area contributed by atoms with Crippen LogP contribution >= 0.6 is 11.8 Å². The van der Waals surface area contributed by atoms with Gasteiger partial charge in [0.15, 0.2) is 28.9 Å². The smallest absolute Gasteiger partial charge is 0.335 e. The van der Waals surface area contributed by atoms with Gasteiger partial charge in [0, 0.05) is 11.1 Å². The number of carbonyl (C=O) groups is 7. The number of aromatic hydroxyl groups is 1. The van der Waals surface area contributed by atoms with Crippen molar-refractivity contribution in [1.82, 2.24) is 0 Å². The van der Waals surface area contributed by atoms with Crippen molar-refractivity contribution in [2.75, 3.05) is 14.2 Å². The number of ether oxygens (including phenoxy) is 6. The zero-order valence-electron chi connectivity index (χ0n) is 32.8. The van der Waals surface area contributed by atoms with Crippen molar-refractivity contribution >= 4 is 52.8 Å². The number of carboxylic acids is 1. The highest BCUT2D eigenvalue weighted by Crippen LogP contribution is 2.64. The summed E-state index contributed by atoms with van der Waals surface area (Å²) in [6, 6.07) is 7.02. The Hall–Kier alpha value is -4.84. The first-order chi connectivity index (χ1) is 28.6. The summed E-state index contributed by atoms with van der Waals surface area (Å²) in [5.41, 5.74) is -8.21. The molecular formula is C40H42O20S. The third-order valence-corrected chi connectivity index (χ3v) is 14.3. The van der Waals surface area contributed by atoms with Gasteiger partial charge in [0.05, 0.1) is 62.6 Å². The van der Waals surface area contributed by atoms with Crippen LogP contribution in [0.4, 0.5) is 0 Å². The minimum atomic E-state index is -3.10. The Labute approximate surface area is 349 Å². The number of carbonyl (C=O) groups excluding carboxylic acids is 6. The number of hydrogen-bond donors (Lipinski definition) is 7. The molecule has 0 radical (unpaired) electrons. The Bertz CT molecular complexity index is 2230. The summed E-state index contributed by atoms with van der Waals surface area (Å²) in [6.07, 6.45) is -19.2. The SMILES string of the molecule is COC(=O)C[C@H]1C[C@]2(S[C@]34C[C@H](CC(=O)OC)O[C@H](C)[C@]3(O)C(=O)c3c(O[C@H]5O[C@@H](C(=O)O)[C@H](O)[C@@H](O)[C@@H]5O)cccc3C4=O)C(=O)c3cccc(O)c3C(=O)[C@]2(O)[C@H](C)O1. The summed E-state index contributed by atoms with van der Waals surface area (Å²) in [5.74, 6) is -9.35. The third-order valence-electron chi connectivity index (χ3n) is 12.3. The number of hydrogen-bond acceptors (Lipinski definition) is 20. The summed E-state index contributed by atoms with van der Waals surface area (Å²) in [7, 11) is 2.17. The maximum absolute atomic E-state index is 15.6. The fraction of sp³-hybridized carbons (Fsp3) is 0.525. The Kier molecular flexibility index (Phi) is 11.2. The average molecular weight is 875 g/mol. The van der Waals surface area contributed by atoms with E-state index in [4.69, 9.17) is 28.4 Å². The fourth-order valence-electron chi connectivity index (χ4n) is 9.27. The lowest BCUT2D eigenvalue weighted by atomic mass is 9.63. The quantitative estimate of drug-likeness (QED) is 0.153. The van der Waals surface area contributed by atoms with Gasteiger partial charge >= 0.3 is 17.9 Å². The molecule has 2 aromatic carbocycles. The number of aliphatic carboxylic acids is 1. The monoisotopic (exact) mass is 874 g/mol. The Balaban J connectivity index is 1.45. The molecule has 3 aliphatic heterocycles. The van der Waals surface area contributed by atoms with Crippen LogP contribution in [-0.2, 0) is 38.1 Å². The topological polar surface area (TPSA) is 316 Å². The van der Waals surface area contributed by atoms with E-state index < -0.39 is 176 Å². The van der Waals surface area contributed by atoms with Crippen LogP contribution in [0.3, 0.4) is 0 Å². The highest BCUT2D eigenvalue weighted by atomic mass is 32.2. The first-order valence-electron chi connectivity index (χ1n) is 19.0. The first-order valence-corrected chi connectivity index (χ1v) is 19.8. The molecule has 0 aromatic heterocycles. The predicted molar refractivity (Wildman–Crippen MR) is 201 cm³/mol. The maximum Gasteiger partial charge on any atom is 0.335 e. The van der Waals surface area contributed by atoms with Crippen LogP contribution in [0.5, 0.6) is 11.5 Å². The van der Waals surface area contributed by atoms with Crippen LogP contribution in [0.2, 0.25) is 0 Å². The zero-order chi connectivity index (χ0) is 44.7. The van der Waals surface area contributed by atoms with E-state index in [2.05, 4.69) is 0 Å². The number of thioether (sulfide) groups is 1. The molecule has 5 aliphatic rings. The second-order valence-electron chi connectivity index (χ2n) is 15.6. The molecule has 7 N–H and O–H groups in total. The minimum absolute atomic E-state index is 0.271. The van der Waals surface area contributed by atoms with Crippen molar-refractivity contribution in [2.45, 2.75) is 115 Å². The molecule has 0 spiro atoms. The lowest BCUT2D eigenvalue weighted by molar-refractivity contribution is -0.271. The van der Waals surface area contributed by atoms with Gasteiger partial charge in [0.2, 0.25) is 17.9 Å². The first kappa shape index (κ1) is 44.2. The molecule has 0 bridgehead atoms. The number of methoxy groups -OCH3 is 2. The van der Waals surface area contributed by atoms with Gasteiger partial charge in [0.25, 0.3) is 0 Å².